The number of para-hydroxylation sites is 1. The van der Waals surface area contributed by atoms with Gasteiger partial charge in [-0.1, -0.05) is 30.3 Å². The number of alkyl halides is 1. The molecule has 1 aliphatic heterocycles. The Morgan fingerprint density at radius 2 is 1.84 bits per heavy atom. The third kappa shape index (κ3) is 2.41. The molecule has 98 valence electrons. The quantitative estimate of drug-likeness (QED) is 0.751. The molecule has 19 heavy (non-hydrogen) atoms. The minimum atomic E-state index is -0.00273. The summed E-state index contributed by atoms with van der Waals surface area (Å²) in [6.45, 7) is 0. The summed E-state index contributed by atoms with van der Waals surface area (Å²) >= 11 is 6.45. The Balaban J connectivity index is 1.87. The maximum Gasteiger partial charge on any atom is 0.125 e. The van der Waals surface area contributed by atoms with Crippen molar-refractivity contribution in [3.05, 3.63) is 59.7 Å². The lowest BCUT2D eigenvalue weighted by molar-refractivity contribution is 0.174. The first-order chi connectivity index (χ1) is 9.28. The van der Waals surface area contributed by atoms with E-state index >= 15 is 0 Å². The van der Waals surface area contributed by atoms with Crippen molar-refractivity contribution in [3.63, 3.8) is 0 Å². The lowest BCUT2D eigenvalue weighted by Crippen LogP contribution is -2.16. The summed E-state index contributed by atoms with van der Waals surface area (Å²) in [5.74, 6) is 1.73. The van der Waals surface area contributed by atoms with Crippen molar-refractivity contribution in [1.29, 1.82) is 0 Å². The highest BCUT2D eigenvalue weighted by Gasteiger charge is 2.27. The second-order valence-electron chi connectivity index (χ2n) is 4.62. The van der Waals surface area contributed by atoms with E-state index in [2.05, 4.69) is 0 Å². The molecule has 1 aliphatic rings. The van der Waals surface area contributed by atoms with E-state index in [0.717, 1.165) is 29.0 Å². The molecule has 0 fully saturated rings. The van der Waals surface area contributed by atoms with E-state index in [1.165, 1.54) is 0 Å². The predicted octanol–water partition coefficient (Wildman–Crippen LogP) is 4.50. The molecule has 3 heteroatoms. The Labute approximate surface area is 117 Å². The Bertz CT molecular complexity index is 565. The number of hydrogen-bond donors (Lipinski definition) is 0. The zero-order chi connectivity index (χ0) is 13.2. The average molecular weight is 275 g/mol. The Morgan fingerprint density at radius 3 is 2.58 bits per heavy atom. The van der Waals surface area contributed by atoms with E-state index in [4.69, 9.17) is 21.1 Å². The van der Waals surface area contributed by atoms with Crippen molar-refractivity contribution in [2.24, 2.45) is 0 Å². The first-order valence-corrected chi connectivity index (χ1v) is 6.75. The highest BCUT2D eigenvalue weighted by Crippen LogP contribution is 2.43. The van der Waals surface area contributed by atoms with Crippen LogP contribution in [0.25, 0.3) is 0 Å². The van der Waals surface area contributed by atoms with Gasteiger partial charge in [0, 0.05) is 12.0 Å². The lowest BCUT2D eigenvalue weighted by Gasteiger charge is -2.29. The molecule has 3 rings (SSSR count). The van der Waals surface area contributed by atoms with E-state index in [-0.39, 0.29) is 11.5 Å². The van der Waals surface area contributed by atoms with E-state index < -0.39 is 0 Å². The van der Waals surface area contributed by atoms with Crippen LogP contribution in [0.3, 0.4) is 0 Å². The van der Waals surface area contributed by atoms with Crippen LogP contribution in [0.15, 0.2) is 48.5 Å². The smallest absolute Gasteiger partial charge is 0.125 e. The predicted molar refractivity (Wildman–Crippen MR) is 76.0 cm³/mol. The van der Waals surface area contributed by atoms with Gasteiger partial charge in [0.1, 0.15) is 17.6 Å². The fourth-order valence-electron chi connectivity index (χ4n) is 2.39. The van der Waals surface area contributed by atoms with Gasteiger partial charge in [0.05, 0.1) is 12.5 Å². The fraction of sp³-hybridized carbons (Fsp3) is 0.250. The highest BCUT2D eigenvalue weighted by atomic mass is 35.5. The molecule has 2 aromatic rings. The van der Waals surface area contributed by atoms with Crippen molar-refractivity contribution in [1.82, 2.24) is 0 Å². The van der Waals surface area contributed by atoms with Crippen LogP contribution in [0.2, 0.25) is 0 Å². The average Bonchev–Trinajstić information content (AvgIpc) is 2.47. The highest BCUT2D eigenvalue weighted by molar-refractivity contribution is 6.21. The van der Waals surface area contributed by atoms with Crippen molar-refractivity contribution >= 4 is 11.6 Å². The number of hydrogen-bond acceptors (Lipinski definition) is 2. The summed E-state index contributed by atoms with van der Waals surface area (Å²) < 4.78 is 11.2. The van der Waals surface area contributed by atoms with E-state index in [0.29, 0.717) is 0 Å². The maximum absolute atomic E-state index is 6.45. The van der Waals surface area contributed by atoms with Gasteiger partial charge in [-0.3, -0.25) is 0 Å². The van der Waals surface area contributed by atoms with Gasteiger partial charge in [-0.05, 0) is 23.8 Å². The fourth-order valence-corrected chi connectivity index (χ4v) is 2.73. The Morgan fingerprint density at radius 1 is 1.11 bits per heavy atom. The van der Waals surface area contributed by atoms with Crippen molar-refractivity contribution in [2.75, 3.05) is 7.11 Å². The third-order valence-corrected chi connectivity index (χ3v) is 3.85. The van der Waals surface area contributed by atoms with Gasteiger partial charge in [0.15, 0.2) is 0 Å². The second-order valence-corrected chi connectivity index (χ2v) is 5.15. The van der Waals surface area contributed by atoms with Crippen molar-refractivity contribution in [2.45, 2.75) is 17.9 Å². The molecule has 0 spiro atoms. The van der Waals surface area contributed by atoms with Crippen LogP contribution in [0.4, 0.5) is 0 Å². The van der Waals surface area contributed by atoms with E-state index in [1.807, 2.05) is 48.5 Å². The molecule has 0 aromatic heterocycles. The zero-order valence-corrected chi connectivity index (χ0v) is 11.4. The van der Waals surface area contributed by atoms with Crippen LogP contribution in [-0.2, 0) is 0 Å². The minimum absolute atomic E-state index is 0.00273. The molecule has 0 unspecified atom stereocenters. The normalized spacial score (nSPS) is 21.4. The van der Waals surface area contributed by atoms with Gasteiger partial charge >= 0.3 is 0 Å². The van der Waals surface area contributed by atoms with Gasteiger partial charge in [0.2, 0.25) is 0 Å². The Kier molecular flexibility index (Phi) is 3.34. The van der Waals surface area contributed by atoms with Crippen LogP contribution in [0.1, 0.15) is 29.0 Å². The Hall–Kier alpha value is -1.67. The summed E-state index contributed by atoms with van der Waals surface area (Å²) in [6, 6.07) is 15.9. The van der Waals surface area contributed by atoms with Crippen LogP contribution in [-0.4, -0.2) is 7.11 Å². The summed E-state index contributed by atoms with van der Waals surface area (Å²) in [7, 11) is 1.66. The molecule has 0 radical (unpaired) electrons. The molecule has 2 nitrogen and oxygen atoms in total. The molecule has 0 saturated carbocycles. The third-order valence-electron chi connectivity index (χ3n) is 3.43. The van der Waals surface area contributed by atoms with Gasteiger partial charge in [-0.2, -0.15) is 0 Å². The van der Waals surface area contributed by atoms with Crippen LogP contribution in [0, 0.1) is 0 Å². The van der Waals surface area contributed by atoms with Gasteiger partial charge < -0.3 is 9.47 Å². The van der Waals surface area contributed by atoms with Crippen LogP contribution < -0.4 is 9.47 Å². The largest absolute Gasteiger partial charge is 0.497 e. The van der Waals surface area contributed by atoms with Gasteiger partial charge in [-0.25, -0.2) is 0 Å². The summed E-state index contributed by atoms with van der Waals surface area (Å²) in [5.41, 5.74) is 2.20. The topological polar surface area (TPSA) is 18.5 Å². The SMILES string of the molecule is COc1ccc([C@H]2C[C@H](Cl)c3ccccc3O2)cc1. The zero-order valence-electron chi connectivity index (χ0n) is 10.7. The molecule has 2 aromatic carbocycles. The van der Waals surface area contributed by atoms with Crippen LogP contribution in [0.5, 0.6) is 11.5 Å². The monoisotopic (exact) mass is 274 g/mol. The molecule has 1 heterocycles. The standard InChI is InChI=1S/C16H15ClO2/c1-18-12-8-6-11(7-9-12)16-10-14(17)13-4-2-3-5-15(13)19-16/h2-9,14,16H,10H2,1H3/t14-,16+/m0/s1. The molecule has 0 amide bonds. The van der Waals surface area contributed by atoms with E-state index in [1.54, 1.807) is 7.11 Å². The lowest BCUT2D eigenvalue weighted by atomic mass is 9.97. The van der Waals surface area contributed by atoms with Crippen molar-refractivity contribution in [3.8, 4) is 11.5 Å². The molecular weight excluding hydrogens is 260 g/mol. The number of rotatable bonds is 2. The number of fused-ring (bicyclic) bond motifs is 1. The molecule has 2 atom stereocenters. The summed E-state index contributed by atoms with van der Waals surface area (Å²) in [5, 5.41) is -0.00273. The summed E-state index contributed by atoms with van der Waals surface area (Å²) in [4.78, 5) is 0. The number of methoxy groups -OCH3 is 1. The molecule has 0 saturated heterocycles. The maximum atomic E-state index is 6.45. The summed E-state index contributed by atoms with van der Waals surface area (Å²) in [6.07, 6.45) is 0.786. The number of ether oxygens (including phenoxy) is 2. The van der Waals surface area contributed by atoms with Gasteiger partial charge in [-0.15, -0.1) is 11.6 Å². The second kappa shape index (κ2) is 5.14. The van der Waals surface area contributed by atoms with E-state index in [9.17, 15) is 0 Å². The van der Waals surface area contributed by atoms with Gasteiger partial charge in [0.25, 0.3) is 0 Å². The first-order valence-electron chi connectivity index (χ1n) is 6.31. The molecular formula is C16H15ClO2. The minimum Gasteiger partial charge on any atom is -0.497 e. The van der Waals surface area contributed by atoms with Crippen LogP contribution >= 0.6 is 11.6 Å². The van der Waals surface area contributed by atoms with Crippen molar-refractivity contribution < 1.29 is 9.47 Å². The number of halogens is 1. The molecule has 0 bridgehead atoms. The first kappa shape index (κ1) is 12.4. The molecule has 0 N–H and O–H groups in total. The number of benzene rings is 2. The molecule has 0 aliphatic carbocycles.